The molecule has 0 aliphatic carbocycles. The highest BCUT2D eigenvalue weighted by Gasteiger charge is 2.12. The van der Waals surface area contributed by atoms with Crippen LogP contribution in [-0.2, 0) is 20.4 Å². The Kier molecular flexibility index (Phi) is 7.53. The van der Waals surface area contributed by atoms with Crippen LogP contribution in [0.25, 0.3) is 0 Å². The van der Waals surface area contributed by atoms with E-state index in [4.69, 9.17) is 15.4 Å². The van der Waals surface area contributed by atoms with E-state index in [9.17, 15) is 13.2 Å². The summed E-state index contributed by atoms with van der Waals surface area (Å²) < 4.78 is 26.8. The average Bonchev–Trinajstić information content (AvgIpc) is 2.40. The smallest absolute Gasteiger partial charge is 0.407 e. The number of hydrogen-bond acceptors (Lipinski definition) is 4. The molecule has 0 radical (unpaired) electrons. The number of ether oxygens (including phenoxy) is 1. The summed E-state index contributed by atoms with van der Waals surface area (Å²) in [6, 6.07) is 9.40. The van der Waals surface area contributed by atoms with Crippen LogP contribution in [0.15, 0.2) is 30.3 Å². The fourth-order valence-corrected chi connectivity index (χ4v) is 3.33. The average molecular weight is 334 g/mol. The first-order valence-electron chi connectivity index (χ1n) is 6.73. The van der Waals surface area contributed by atoms with Gasteiger partial charge in [-0.3, -0.25) is 0 Å². The maximum atomic E-state index is 11.4. The standard InChI is InChI=1S/C14H20ClNO4S/c1-12(11-21(15,18)19)6-5-9-16-14(17)20-10-13-7-3-2-4-8-13/h2-4,7-8,12H,5-6,9-11H2,1H3,(H,16,17). The molecule has 1 aromatic carbocycles. The summed E-state index contributed by atoms with van der Waals surface area (Å²) in [7, 11) is 1.72. The van der Waals surface area contributed by atoms with Gasteiger partial charge in [-0.2, -0.15) is 0 Å². The number of carbonyl (C=O) groups is 1. The Hall–Kier alpha value is -1.27. The highest BCUT2D eigenvalue weighted by Crippen LogP contribution is 2.11. The van der Waals surface area contributed by atoms with E-state index in [0.717, 1.165) is 5.56 Å². The Morgan fingerprint density at radius 1 is 1.33 bits per heavy atom. The van der Waals surface area contributed by atoms with Gasteiger partial charge in [-0.1, -0.05) is 37.3 Å². The molecule has 1 N–H and O–H groups in total. The van der Waals surface area contributed by atoms with Gasteiger partial charge in [0.05, 0.1) is 5.75 Å². The third kappa shape index (κ3) is 9.31. The van der Waals surface area contributed by atoms with Crippen LogP contribution in [0.4, 0.5) is 4.79 Å². The van der Waals surface area contributed by atoms with Crippen LogP contribution < -0.4 is 5.32 Å². The molecule has 1 rings (SSSR count). The fraction of sp³-hybridized carbons (Fsp3) is 0.500. The van der Waals surface area contributed by atoms with Crippen LogP contribution in [-0.4, -0.2) is 26.8 Å². The second-order valence-electron chi connectivity index (χ2n) is 4.94. The van der Waals surface area contributed by atoms with Crippen molar-refractivity contribution in [2.45, 2.75) is 26.4 Å². The lowest BCUT2D eigenvalue weighted by atomic mass is 10.1. The van der Waals surface area contributed by atoms with Gasteiger partial charge in [-0.15, -0.1) is 0 Å². The Bertz CT molecular complexity index is 533. The van der Waals surface area contributed by atoms with Crippen molar-refractivity contribution in [2.24, 2.45) is 5.92 Å². The number of rotatable bonds is 8. The van der Waals surface area contributed by atoms with E-state index in [-0.39, 0.29) is 18.3 Å². The van der Waals surface area contributed by atoms with Gasteiger partial charge < -0.3 is 10.1 Å². The lowest BCUT2D eigenvalue weighted by Gasteiger charge is -2.10. The van der Waals surface area contributed by atoms with E-state index in [2.05, 4.69) is 5.32 Å². The minimum absolute atomic E-state index is 0.0327. The molecular weight excluding hydrogens is 314 g/mol. The minimum atomic E-state index is -3.46. The zero-order valence-corrected chi connectivity index (χ0v) is 13.5. The molecule has 5 nitrogen and oxygen atoms in total. The van der Waals surface area contributed by atoms with Crippen LogP contribution in [0.2, 0.25) is 0 Å². The summed E-state index contributed by atoms with van der Waals surface area (Å²) in [6.07, 6.45) is 0.871. The maximum Gasteiger partial charge on any atom is 0.407 e. The largest absolute Gasteiger partial charge is 0.445 e. The number of carbonyl (C=O) groups excluding carboxylic acids is 1. The molecule has 21 heavy (non-hydrogen) atoms. The van der Waals surface area contributed by atoms with E-state index in [1.165, 1.54) is 0 Å². The summed E-state index contributed by atoms with van der Waals surface area (Å²) in [6.45, 7) is 2.49. The molecule has 0 aliphatic heterocycles. The van der Waals surface area contributed by atoms with E-state index in [1.54, 1.807) is 0 Å². The van der Waals surface area contributed by atoms with Gasteiger partial charge in [0.15, 0.2) is 0 Å². The Morgan fingerprint density at radius 3 is 2.62 bits per heavy atom. The number of nitrogens with one attached hydrogen (secondary N) is 1. The van der Waals surface area contributed by atoms with E-state index in [1.807, 2.05) is 37.3 Å². The summed E-state index contributed by atoms with van der Waals surface area (Å²) in [5, 5.41) is 2.63. The molecular formula is C14H20ClNO4S. The zero-order valence-electron chi connectivity index (χ0n) is 11.9. The quantitative estimate of drug-likeness (QED) is 0.586. The first kappa shape index (κ1) is 17.8. The van der Waals surface area contributed by atoms with Gasteiger partial charge in [0.25, 0.3) is 0 Å². The van der Waals surface area contributed by atoms with Gasteiger partial charge in [0, 0.05) is 17.2 Å². The van der Waals surface area contributed by atoms with Gasteiger partial charge in [0.2, 0.25) is 9.05 Å². The highest BCUT2D eigenvalue weighted by molar-refractivity contribution is 8.13. The first-order chi connectivity index (χ1) is 9.87. The summed E-state index contributed by atoms with van der Waals surface area (Å²) in [5.74, 6) is -0.0813. The number of benzene rings is 1. The van der Waals surface area contributed by atoms with Crippen molar-refractivity contribution >= 4 is 25.8 Å². The van der Waals surface area contributed by atoms with Crippen LogP contribution in [0, 0.1) is 5.92 Å². The molecule has 0 aromatic heterocycles. The second-order valence-corrected chi connectivity index (χ2v) is 7.76. The predicted octanol–water partition coefficient (Wildman–Crippen LogP) is 2.90. The fourth-order valence-electron chi connectivity index (χ4n) is 1.84. The summed E-state index contributed by atoms with van der Waals surface area (Å²) in [5.41, 5.74) is 0.925. The Morgan fingerprint density at radius 2 is 2.00 bits per heavy atom. The van der Waals surface area contributed by atoms with Crippen molar-refractivity contribution in [1.29, 1.82) is 0 Å². The maximum absolute atomic E-state index is 11.4. The van der Waals surface area contributed by atoms with Crippen LogP contribution in [0.5, 0.6) is 0 Å². The number of hydrogen-bond donors (Lipinski definition) is 1. The molecule has 1 aromatic rings. The van der Waals surface area contributed by atoms with Crippen LogP contribution in [0.3, 0.4) is 0 Å². The molecule has 0 aliphatic rings. The number of halogens is 1. The third-order valence-corrected chi connectivity index (χ3v) is 4.18. The van der Waals surface area contributed by atoms with Gasteiger partial charge in [-0.25, -0.2) is 13.2 Å². The minimum Gasteiger partial charge on any atom is -0.445 e. The van der Waals surface area contributed by atoms with Crippen molar-refractivity contribution < 1.29 is 17.9 Å². The molecule has 1 atom stereocenters. The lowest BCUT2D eigenvalue weighted by Crippen LogP contribution is -2.25. The molecule has 118 valence electrons. The van der Waals surface area contributed by atoms with Gasteiger partial charge in [0.1, 0.15) is 6.61 Å². The van der Waals surface area contributed by atoms with Crippen LogP contribution >= 0.6 is 10.7 Å². The summed E-state index contributed by atoms with van der Waals surface area (Å²) >= 11 is 0. The van der Waals surface area contributed by atoms with Gasteiger partial charge in [-0.05, 0) is 24.3 Å². The first-order valence-corrected chi connectivity index (χ1v) is 9.21. The zero-order chi connectivity index (χ0) is 15.7. The molecule has 0 bridgehead atoms. The van der Waals surface area contributed by atoms with Crippen LogP contribution in [0.1, 0.15) is 25.3 Å². The highest BCUT2D eigenvalue weighted by atomic mass is 35.7. The predicted molar refractivity (Wildman–Crippen MR) is 82.7 cm³/mol. The topological polar surface area (TPSA) is 72.5 Å². The molecule has 0 spiro atoms. The van der Waals surface area contributed by atoms with E-state index in [0.29, 0.717) is 19.4 Å². The van der Waals surface area contributed by atoms with Gasteiger partial charge >= 0.3 is 6.09 Å². The molecule has 0 heterocycles. The van der Waals surface area contributed by atoms with Crippen molar-refractivity contribution in [2.75, 3.05) is 12.3 Å². The molecule has 1 unspecified atom stereocenters. The molecule has 0 fully saturated rings. The molecule has 0 saturated heterocycles. The second kappa shape index (κ2) is 8.89. The van der Waals surface area contributed by atoms with Crippen molar-refractivity contribution in [3.05, 3.63) is 35.9 Å². The van der Waals surface area contributed by atoms with Crippen molar-refractivity contribution in [3.8, 4) is 0 Å². The number of amides is 1. The summed E-state index contributed by atoms with van der Waals surface area (Å²) in [4.78, 5) is 11.4. The molecule has 1 amide bonds. The monoisotopic (exact) mass is 333 g/mol. The number of alkyl carbamates (subject to hydrolysis) is 1. The normalized spacial score (nSPS) is 12.7. The third-order valence-electron chi connectivity index (χ3n) is 2.84. The van der Waals surface area contributed by atoms with E-state index >= 15 is 0 Å². The van der Waals surface area contributed by atoms with Crippen molar-refractivity contribution in [3.63, 3.8) is 0 Å². The van der Waals surface area contributed by atoms with E-state index < -0.39 is 15.1 Å². The van der Waals surface area contributed by atoms with Crippen molar-refractivity contribution in [1.82, 2.24) is 5.32 Å². The Balaban J connectivity index is 2.11. The molecule has 7 heteroatoms. The SMILES string of the molecule is CC(CCCNC(=O)OCc1ccccc1)CS(=O)(=O)Cl. The molecule has 0 saturated carbocycles. The lowest BCUT2D eigenvalue weighted by molar-refractivity contribution is 0.139. The Labute approximate surface area is 130 Å².